The van der Waals surface area contributed by atoms with Crippen LogP contribution in [0.25, 0.3) is 0 Å². The van der Waals surface area contributed by atoms with E-state index >= 15 is 0 Å². The minimum Gasteiger partial charge on any atom is -0.493 e. The number of pyridine rings is 1. The van der Waals surface area contributed by atoms with E-state index in [1.807, 2.05) is 0 Å². The van der Waals surface area contributed by atoms with E-state index < -0.39 is 33.1 Å². The molecular weight excluding hydrogens is 607 g/mol. The Kier molecular flexibility index (Phi) is 8.19. The molecule has 1 aliphatic heterocycles. The third-order valence-electron chi connectivity index (χ3n) is 5.89. The molecule has 1 aromatic heterocycles. The predicted octanol–water partition coefficient (Wildman–Crippen LogP) is 5.60. The van der Waals surface area contributed by atoms with E-state index in [1.165, 1.54) is 20.3 Å². The molecule has 3 aromatic rings. The van der Waals surface area contributed by atoms with Gasteiger partial charge in [0.2, 0.25) is 5.88 Å². The number of ether oxygens (including phenoxy) is 4. The zero-order valence-corrected chi connectivity index (χ0v) is 23.5. The summed E-state index contributed by atoms with van der Waals surface area (Å²) in [6.45, 7) is 2.65. The fourth-order valence-corrected chi connectivity index (χ4v) is 5.49. The number of hydrogen-bond donors (Lipinski definition) is 2. The van der Waals surface area contributed by atoms with Crippen molar-refractivity contribution in [1.82, 2.24) is 10.3 Å². The van der Waals surface area contributed by atoms with Gasteiger partial charge >= 0.3 is 6.18 Å². The second-order valence-corrected chi connectivity index (χ2v) is 11.4. The fourth-order valence-electron chi connectivity index (χ4n) is 3.89. The van der Waals surface area contributed by atoms with Crippen molar-refractivity contribution in [3.8, 4) is 28.9 Å². The van der Waals surface area contributed by atoms with Gasteiger partial charge in [-0.25, -0.2) is 13.4 Å². The quantitative estimate of drug-likeness (QED) is 0.314. The summed E-state index contributed by atoms with van der Waals surface area (Å²) in [5, 5.41) is 3.05. The standard InChI is InChI=1S/C25H25BrF3N3O6S/c1-24(8-9-30-14-24)38-21-10-15(4-6-18(21)25(27,28)29)32-39(33,34)17-12-19(26)23(31-13-17)37-16-5-7-20(35-2)22(11-16)36-3/h4-7,10-13,30,32H,8-9,14H2,1-3H3/t24-/m1/s1. The Bertz CT molecular complexity index is 1460. The molecule has 0 amide bonds. The lowest BCUT2D eigenvalue weighted by molar-refractivity contribution is -0.139. The van der Waals surface area contributed by atoms with Crippen LogP contribution in [-0.2, 0) is 16.2 Å². The third-order valence-corrected chi connectivity index (χ3v) is 7.80. The first-order valence-corrected chi connectivity index (χ1v) is 13.8. The van der Waals surface area contributed by atoms with E-state index in [1.54, 1.807) is 25.1 Å². The van der Waals surface area contributed by atoms with Crippen molar-refractivity contribution in [3.05, 3.63) is 58.7 Å². The van der Waals surface area contributed by atoms with Gasteiger partial charge in [-0.05, 0) is 59.7 Å². The Hall–Kier alpha value is -3.23. The highest BCUT2D eigenvalue weighted by Crippen LogP contribution is 2.40. The van der Waals surface area contributed by atoms with Crippen LogP contribution >= 0.6 is 15.9 Å². The molecule has 2 N–H and O–H groups in total. The van der Waals surface area contributed by atoms with Gasteiger partial charge in [0.1, 0.15) is 22.0 Å². The molecule has 2 aromatic carbocycles. The maximum Gasteiger partial charge on any atom is 0.419 e. The summed E-state index contributed by atoms with van der Waals surface area (Å²) in [5.74, 6) is 0.887. The molecular formula is C25H25BrF3N3O6S. The van der Waals surface area contributed by atoms with Gasteiger partial charge in [-0.1, -0.05) is 0 Å². The molecule has 0 bridgehead atoms. The Labute approximate surface area is 231 Å². The summed E-state index contributed by atoms with van der Waals surface area (Å²) in [4.78, 5) is 3.83. The van der Waals surface area contributed by atoms with Gasteiger partial charge in [-0.2, -0.15) is 13.2 Å². The highest BCUT2D eigenvalue weighted by atomic mass is 79.9. The molecule has 0 radical (unpaired) electrons. The van der Waals surface area contributed by atoms with E-state index in [-0.39, 0.29) is 20.9 Å². The number of halogens is 4. The van der Waals surface area contributed by atoms with Crippen LogP contribution in [0.3, 0.4) is 0 Å². The van der Waals surface area contributed by atoms with Crippen molar-refractivity contribution in [2.45, 2.75) is 30.0 Å². The summed E-state index contributed by atoms with van der Waals surface area (Å²) in [7, 11) is -1.27. The average Bonchev–Trinajstić information content (AvgIpc) is 3.29. The number of benzene rings is 2. The van der Waals surface area contributed by atoms with Gasteiger partial charge in [0, 0.05) is 25.1 Å². The molecule has 0 saturated carbocycles. The second-order valence-electron chi connectivity index (χ2n) is 8.87. The lowest BCUT2D eigenvalue weighted by Crippen LogP contribution is -2.35. The van der Waals surface area contributed by atoms with Crippen LogP contribution in [0.4, 0.5) is 18.9 Å². The van der Waals surface area contributed by atoms with Gasteiger partial charge < -0.3 is 24.3 Å². The summed E-state index contributed by atoms with van der Waals surface area (Å²) in [5.41, 5.74) is -1.97. The smallest absolute Gasteiger partial charge is 0.419 e. The fraction of sp³-hybridized carbons (Fsp3) is 0.320. The Morgan fingerprint density at radius 1 is 1.05 bits per heavy atom. The number of nitrogens with one attached hydrogen (secondary N) is 2. The van der Waals surface area contributed by atoms with Crippen LogP contribution < -0.4 is 29.0 Å². The molecule has 1 aliphatic rings. The largest absolute Gasteiger partial charge is 0.493 e. The number of sulfonamides is 1. The molecule has 9 nitrogen and oxygen atoms in total. The molecule has 0 unspecified atom stereocenters. The van der Waals surface area contributed by atoms with Gasteiger partial charge in [-0.15, -0.1) is 0 Å². The molecule has 39 heavy (non-hydrogen) atoms. The van der Waals surface area contributed by atoms with E-state index in [9.17, 15) is 21.6 Å². The van der Waals surface area contributed by atoms with Crippen LogP contribution in [0, 0.1) is 0 Å². The second kappa shape index (κ2) is 11.1. The van der Waals surface area contributed by atoms with E-state index in [0.717, 1.165) is 24.4 Å². The molecule has 0 aliphatic carbocycles. The average molecular weight is 632 g/mol. The molecule has 2 heterocycles. The monoisotopic (exact) mass is 631 g/mol. The molecule has 0 spiro atoms. The van der Waals surface area contributed by atoms with Crippen molar-refractivity contribution >= 4 is 31.6 Å². The van der Waals surface area contributed by atoms with Gasteiger partial charge in [0.05, 0.1) is 36.1 Å². The summed E-state index contributed by atoms with van der Waals surface area (Å²) in [6, 6.07) is 8.93. The number of hydrogen-bond acceptors (Lipinski definition) is 8. The van der Waals surface area contributed by atoms with Crippen LogP contribution in [0.5, 0.6) is 28.9 Å². The minimum absolute atomic E-state index is 0.0739. The van der Waals surface area contributed by atoms with Gasteiger partial charge in [0.15, 0.2) is 11.5 Å². The number of aromatic nitrogens is 1. The Balaban J connectivity index is 1.57. The molecule has 4 rings (SSSR count). The number of anilines is 1. The zero-order chi connectivity index (χ0) is 28.4. The molecule has 1 fully saturated rings. The lowest BCUT2D eigenvalue weighted by atomic mass is 10.1. The summed E-state index contributed by atoms with van der Waals surface area (Å²) in [6.07, 6.45) is -3.12. The minimum atomic E-state index is -4.69. The first kappa shape index (κ1) is 28.8. The Morgan fingerprint density at radius 3 is 2.41 bits per heavy atom. The molecule has 210 valence electrons. The molecule has 1 atom stereocenters. The van der Waals surface area contributed by atoms with E-state index in [4.69, 9.17) is 18.9 Å². The maximum atomic E-state index is 13.6. The third kappa shape index (κ3) is 6.68. The number of nitrogens with zero attached hydrogens (tertiary/aromatic N) is 1. The normalized spacial score (nSPS) is 17.5. The van der Waals surface area contributed by atoms with Gasteiger partial charge in [0.25, 0.3) is 10.0 Å². The maximum absolute atomic E-state index is 13.6. The Morgan fingerprint density at radius 2 is 1.79 bits per heavy atom. The lowest BCUT2D eigenvalue weighted by Gasteiger charge is -2.27. The van der Waals surface area contributed by atoms with Crippen LogP contribution in [0.2, 0.25) is 0 Å². The van der Waals surface area contributed by atoms with Gasteiger partial charge in [-0.3, -0.25) is 4.72 Å². The summed E-state index contributed by atoms with van der Waals surface area (Å²) >= 11 is 3.26. The molecule has 1 saturated heterocycles. The van der Waals surface area contributed by atoms with Crippen molar-refractivity contribution in [2.24, 2.45) is 0 Å². The predicted molar refractivity (Wildman–Crippen MR) is 140 cm³/mol. The highest BCUT2D eigenvalue weighted by molar-refractivity contribution is 9.10. The van der Waals surface area contributed by atoms with Crippen LogP contribution in [-0.4, -0.2) is 46.3 Å². The molecule has 14 heteroatoms. The topological polar surface area (TPSA) is 108 Å². The number of alkyl halides is 3. The number of methoxy groups -OCH3 is 2. The SMILES string of the molecule is COc1ccc(Oc2ncc(S(=O)(=O)Nc3ccc(C(F)(F)F)c(O[C@]4(C)CCNC4)c3)cc2Br)cc1OC. The van der Waals surface area contributed by atoms with E-state index in [0.29, 0.717) is 36.8 Å². The highest BCUT2D eigenvalue weighted by Gasteiger charge is 2.38. The van der Waals surface area contributed by atoms with Crippen LogP contribution in [0.15, 0.2) is 58.0 Å². The van der Waals surface area contributed by atoms with Crippen LogP contribution in [0.1, 0.15) is 18.9 Å². The summed E-state index contributed by atoms with van der Waals surface area (Å²) < 4.78 is 91.4. The van der Waals surface area contributed by atoms with E-state index in [2.05, 4.69) is 31.0 Å². The van der Waals surface area contributed by atoms with Crippen molar-refractivity contribution in [2.75, 3.05) is 32.0 Å². The van der Waals surface area contributed by atoms with Crippen molar-refractivity contribution in [3.63, 3.8) is 0 Å². The number of rotatable bonds is 9. The zero-order valence-electron chi connectivity index (χ0n) is 21.1. The first-order valence-electron chi connectivity index (χ1n) is 11.5. The van der Waals surface area contributed by atoms with Crippen molar-refractivity contribution < 1.29 is 40.5 Å². The first-order chi connectivity index (χ1) is 18.3. The van der Waals surface area contributed by atoms with Crippen molar-refractivity contribution in [1.29, 1.82) is 0 Å².